The number of amides is 1. The Kier molecular flexibility index (Phi) is 5.67. The van der Waals surface area contributed by atoms with E-state index < -0.39 is 15.9 Å². The van der Waals surface area contributed by atoms with Gasteiger partial charge >= 0.3 is 0 Å². The number of carbonyl (C=O) groups is 1. The molecule has 144 valence electrons. The fourth-order valence-corrected chi connectivity index (χ4v) is 3.84. The molecule has 0 fully saturated rings. The summed E-state index contributed by atoms with van der Waals surface area (Å²) in [4.78, 5) is 16.7. The SMILES string of the molecule is Cc1ccc(S(=O)(=O)N(C)c2cncc(C(=O)Nc3ccccc3Cl)c2)cc1. The van der Waals surface area contributed by atoms with E-state index in [0.717, 1.165) is 9.87 Å². The summed E-state index contributed by atoms with van der Waals surface area (Å²) in [5, 5.41) is 3.09. The van der Waals surface area contributed by atoms with Gasteiger partial charge in [-0.05, 0) is 37.3 Å². The molecule has 0 radical (unpaired) electrons. The van der Waals surface area contributed by atoms with Crippen LogP contribution in [0.1, 0.15) is 15.9 Å². The highest BCUT2D eigenvalue weighted by Crippen LogP contribution is 2.24. The fraction of sp³-hybridized carbons (Fsp3) is 0.100. The number of hydrogen-bond acceptors (Lipinski definition) is 4. The number of anilines is 2. The summed E-state index contributed by atoms with van der Waals surface area (Å²) < 4.78 is 26.8. The largest absolute Gasteiger partial charge is 0.321 e. The van der Waals surface area contributed by atoms with E-state index in [1.165, 1.54) is 25.5 Å². The Hall–Kier alpha value is -2.90. The third-order valence-electron chi connectivity index (χ3n) is 4.15. The number of aromatic nitrogens is 1. The van der Waals surface area contributed by atoms with E-state index in [1.54, 1.807) is 48.5 Å². The van der Waals surface area contributed by atoms with Crippen LogP contribution < -0.4 is 9.62 Å². The van der Waals surface area contributed by atoms with Crippen molar-refractivity contribution in [2.75, 3.05) is 16.7 Å². The Morgan fingerprint density at radius 1 is 1.07 bits per heavy atom. The average molecular weight is 416 g/mol. The Labute approximate surface area is 168 Å². The summed E-state index contributed by atoms with van der Waals surface area (Å²) in [5.41, 5.74) is 1.90. The molecule has 0 atom stereocenters. The molecular weight excluding hydrogens is 398 g/mol. The zero-order chi connectivity index (χ0) is 20.3. The molecule has 28 heavy (non-hydrogen) atoms. The molecule has 0 saturated heterocycles. The van der Waals surface area contributed by atoms with Gasteiger partial charge in [-0.2, -0.15) is 0 Å². The Balaban J connectivity index is 1.87. The van der Waals surface area contributed by atoms with Crippen molar-refractivity contribution in [2.45, 2.75) is 11.8 Å². The van der Waals surface area contributed by atoms with Gasteiger partial charge in [0, 0.05) is 13.2 Å². The maximum Gasteiger partial charge on any atom is 0.264 e. The van der Waals surface area contributed by atoms with E-state index in [4.69, 9.17) is 11.6 Å². The van der Waals surface area contributed by atoms with E-state index in [0.29, 0.717) is 10.7 Å². The molecule has 0 spiro atoms. The highest BCUT2D eigenvalue weighted by atomic mass is 35.5. The highest BCUT2D eigenvalue weighted by molar-refractivity contribution is 7.92. The first-order valence-electron chi connectivity index (χ1n) is 8.35. The Morgan fingerprint density at radius 2 is 1.75 bits per heavy atom. The first-order chi connectivity index (χ1) is 13.3. The van der Waals surface area contributed by atoms with Crippen LogP contribution in [0.15, 0.2) is 71.9 Å². The minimum atomic E-state index is -3.78. The van der Waals surface area contributed by atoms with Gasteiger partial charge in [0.1, 0.15) is 0 Å². The van der Waals surface area contributed by atoms with Crippen LogP contribution >= 0.6 is 11.6 Å². The van der Waals surface area contributed by atoms with Gasteiger partial charge in [0.2, 0.25) is 0 Å². The van der Waals surface area contributed by atoms with Crippen molar-refractivity contribution < 1.29 is 13.2 Å². The number of aryl methyl sites for hydroxylation is 1. The third kappa shape index (κ3) is 4.16. The summed E-state index contributed by atoms with van der Waals surface area (Å²) in [6.45, 7) is 1.88. The van der Waals surface area contributed by atoms with Gasteiger partial charge in [-0.3, -0.25) is 14.1 Å². The number of rotatable bonds is 5. The molecule has 1 heterocycles. The molecule has 0 unspecified atom stereocenters. The highest BCUT2D eigenvalue weighted by Gasteiger charge is 2.22. The monoisotopic (exact) mass is 415 g/mol. The maximum absolute atomic E-state index is 12.8. The lowest BCUT2D eigenvalue weighted by molar-refractivity contribution is 0.102. The van der Waals surface area contributed by atoms with Crippen molar-refractivity contribution in [1.29, 1.82) is 0 Å². The number of carbonyl (C=O) groups excluding carboxylic acids is 1. The lowest BCUT2D eigenvalue weighted by Crippen LogP contribution is -2.27. The number of para-hydroxylation sites is 1. The van der Waals surface area contributed by atoms with E-state index in [1.807, 2.05) is 6.92 Å². The van der Waals surface area contributed by atoms with Crippen LogP contribution in [-0.2, 0) is 10.0 Å². The molecule has 1 N–H and O–H groups in total. The molecule has 6 nitrogen and oxygen atoms in total. The lowest BCUT2D eigenvalue weighted by atomic mass is 10.2. The average Bonchev–Trinajstić information content (AvgIpc) is 2.69. The quantitative estimate of drug-likeness (QED) is 0.679. The van der Waals surface area contributed by atoms with Crippen LogP contribution in [0, 0.1) is 6.92 Å². The van der Waals surface area contributed by atoms with Gasteiger partial charge in [-0.1, -0.05) is 41.4 Å². The molecule has 3 rings (SSSR count). The van der Waals surface area contributed by atoms with E-state index >= 15 is 0 Å². The van der Waals surface area contributed by atoms with E-state index in [2.05, 4.69) is 10.3 Å². The summed E-state index contributed by atoms with van der Waals surface area (Å²) in [6.07, 6.45) is 2.75. The van der Waals surface area contributed by atoms with Crippen LogP contribution in [0.2, 0.25) is 5.02 Å². The van der Waals surface area contributed by atoms with Crippen molar-refractivity contribution in [2.24, 2.45) is 0 Å². The maximum atomic E-state index is 12.8. The summed E-state index contributed by atoms with van der Waals surface area (Å²) >= 11 is 6.06. The Morgan fingerprint density at radius 3 is 2.43 bits per heavy atom. The van der Waals surface area contributed by atoms with E-state index in [-0.39, 0.29) is 16.1 Å². The molecule has 0 bridgehead atoms. The molecular formula is C20H18ClN3O3S. The van der Waals surface area contributed by atoms with Crippen molar-refractivity contribution in [3.63, 3.8) is 0 Å². The fourth-order valence-electron chi connectivity index (χ4n) is 2.49. The van der Waals surface area contributed by atoms with Gasteiger partial charge in [-0.15, -0.1) is 0 Å². The molecule has 2 aromatic carbocycles. The zero-order valence-corrected chi connectivity index (χ0v) is 16.8. The molecule has 0 aliphatic rings. The van der Waals surface area contributed by atoms with Gasteiger partial charge in [0.05, 0.1) is 33.1 Å². The normalized spacial score (nSPS) is 11.1. The van der Waals surface area contributed by atoms with Crippen LogP contribution in [0.3, 0.4) is 0 Å². The van der Waals surface area contributed by atoms with Gasteiger partial charge in [-0.25, -0.2) is 8.42 Å². The lowest BCUT2D eigenvalue weighted by Gasteiger charge is -2.19. The molecule has 1 aromatic heterocycles. The second kappa shape index (κ2) is 8.00. The van der Waals surface area contributed by atoms with Crippen LogP contribution in [0.5, 0.6) is 0 Å². The molecule has 1 amide bonds. The second-order valence-electron chi connectivity index (χ2n) is 6.15. The first-order valence-corrected chi connectivity index (χ1v) is 10.2. The van der Waals surface area contributed by atoms with Gasteiger partial charge < -0.3 is 5.32 Å². The number of benzene rings is 2. The Bertz CT molecular complexity index is 1120. The summed E-state index contributed by atoms with van der Waals surface area (Å²) in [7, 11) is -2.36. The summed E-state index contributed by atoms with van der Waals surface area (Å²) in [6, 6.07) is 14.8. The molecule has 0 aliphatic heterocycles. The molecule has 8 heteroatoms. The molecule has 0 aliphatic carbocycles. The zero-order valence-electron chi connectivity index (χ0n) is 15.3. The van der Waals surface area contributed by atoms with Gasteiger partial charge in [0.15, 0.2) is 0 Å². The number of nitrogens with one attached hydrogen (secondary N) is 1. The second-order valence-corrected chi connectivity index (χ2v) is 8.53. The van der Waals surface area contributed by atoms with Crippen LogP contribution in [0.4, 0.5) is 11.4 Å². The number of nitrogens with zero attached hydrogens (tertiary/aromatic N) is 2. The smallest absolute Gasteiger partial charge is 0.264 e. The summed E-state index contributed by atoms with van der Waals surface area (Å²) in [5.74, 6) is -0.441. The topological polar surface area (TPSA) is 79.4 Å². The minimum absolute atomic E-state index is 0.159. The predicted octanol–water partition coefficient (Wildman–Crippen LogP) is 4.12. The van der Waals surface area contributed by atoms with Crippen LogP contribution in [0.25, 0.3) is 0 Å². The predicted molar refractivity (Wildman–Crippen MR) is 110 cm³/mol. The number of pyridine rings is 1. The van der Waals surface area contributed by atoms with Crippen molar-refractivity contribution >= 4 is 38.9 Å². The number of sulfonamides is 1. The molecule has 3 aromatic rings. The number of halogens is 1. The molecule has 0 saturated carbocycles. The third-order valence-corrected chi connectivity index (χ3v) is 6.28. The van der Waals surface area contributed by atoms with Crippen molar-refractivity contribution in [1.82, 2.24) is 4.98 Å². The minimum Gasteiger partial charge on any atom is -0.321 e. The van der Waals surface area contributed by atoms with Gasteiger partial charge in [0.25, 0.3) is 15.9 Å². The van der Waals surface area contributed by atoms with Crippen molar-refractivity contribution in [3.05, 3.63) is 83.1 Å². The number of hydrogen-bond donors (Lipinski definition) is 1. The first kappa shape index (κ1) is 19.9. The van der Waals surface area contributed by atoms with E-state index in [9.17, 15) is 13.2 Å². The van der Waals surface area contributed by atoms with Crippen LogP contribution in [-0.4, -0.2) is 26.4 Å². The standard InChI is InChI=1S/C20H18ClN3O3S/c1-14-7-9-17(10-8-14)28(26,27)24(2)16-11-15(12-22-13-16)20(25)23-19-6-4-3-5-18(19)21/h3-13H,1-2H3,(H,23,25). The van der Waals surface area contributed by atoms with Crippen molar-refractivity contribution in [3.8, 4) is 0 Å².